The van der Waals surface area contributed by atoms with Gasteiger partial charge in [-0.1, -0.05) is 42.1 Å². The summed E-state index contributed by atoms with van der Waals surface area (Å²) in [7, 11) is 0. The first kappa shape index (κ1) is 8.39. The van der Waals surface area contributed by atoms with E-state index in [4.69, 9.17) is 11.8 Å². The van der Waals surface area contributed by atoms with Crippen LogP contribution in [0.5, 0.6) is 0 Å². The van der Waals surface area contributed by atoms with Gasteiger partial charge in [0.1, 0.15) is 6.34 Å². The molecule has 1 aliphatic heterocycles. The molecule has 1 fully saturated rings. The number of hydrogen-bond acceptors (Lipinski definition) is 1. The molecule has 1 saturated heterocycles. The Balaban J connectivity index is 2.36. The van der Waals surface area contributed by atoms with Crippen LogP contribution in [-0.4, -0.2) is 13.1 Å². The summed E-state index contributed by atoms with van der Waals surface area (Å²) in [5, 5.41) is 7.96. The molecule has 1 heterocycles. The van der Waals surface area contributed by atoms with Crippen molar-refractivity contribution in [2.45, 2.75) is 0 Å². The fourth-order valence-corrected chi connectivity index (χ4v) is 4.14. The van der Waals surface area contributed by atoms with Crippen LogP contribution in [-0.2, 0) is 11.8 Å². The van der Waals surface area contributed by atoms with Gasteiger partial charge in [0.05, 0.1) is 0 Å². The normalized spacial score (nSPS) is 21.0. The van der Waals surface area contributed by atoms with Gasteiger partial charge in [0.2, 0.25) is 0 Å². The van der Waals surface area contributed by atoms with Crippen molar-refractivity contribution < 1.29 is 0 Å². The van der Waals surface area contributed by atoms with Crippen molar-refractivity contribution in [2.24, 2.45) is 0 Å². The van der Waals surface area contributed by atoms with Crippen LogP contribution in [0.1, 0.15) is 0 Å². The lowest BCUT2D eigenvalue weighted by atomic mass is 10.4. The van der Waals surface area contributed by atoms with E-state index in [2.05, 4.69) is 22.3 Å². The van der Waals surface area contributed by atoms with Crippen LogP contribution in [0.3, 0.4) is 0 Å². The highest BCUT2D eigenvalue weighted by Crippen LogP contribution is 2.36. The summed E-state index contributed by atoms with van der Waals surface area (Å²) in [5.74, 6) is 0. The van der Waals surface area contributed by atoms with Crippen LogP contribution in [0.2, 0.25) is 0 Å². The van der Waals surface area contributed by atoms with E-state index in [1.54, 1.807) is 0 Å². The van der Waals surface area contributed by atoms with E-state index in [-0.39, 0.29) is 0 Å². The van der Waals surface area contributed by atoms with Gasteiger partial charge in [-0.2, -0.15) is 0 Å². The van der Waals surface area contributed by atoms with Gasteiger partial charge in [-0.05, 0) is 0 Å². The van der Waals surface area contributed by atoms with Crippen LogP contribution < -0.4 is 15.5 Å². The van der Waals surface area contributed by atoms with E-state index < -0.39 is 6.34 Å². The van der Waals surface area contributed by atoms with Gasteiger partial charge < -0.3 is 0 Å². The molecular formula is C8H11N2PS. The predicted molar refractivity (Wildman–Crippen MR) is 56.4 cm³/mol. The fourth-order valence-electron chi connectivity index (χ4n) is 1.30. The Morgan fingerprint density at radius 2 is 1.67 bits per heavy atom. The lowest BCUT2D eigenvalue weighted by molar-refractivity contribution is 0.942. The van der Waals surface area contributed by atoms with Crippen LogP contribution in [0, 0.1) is 0 Å². The van der Waals surface area contributed by atoms with Crippen molar-refractivity contribution in [3.05, 3.63) is 30.3 Å². The van der Waals surface area contributed by atoms with Crippen LogP contribution >= 0.6 is 6.34 Å². The maximum Gasteiger partial charge on any atom is 0.101 e. The molecule has 2 nitrogen and oxygen atoms in total. The Labute approximate surface area is 77.5 Å². The maximum atomic E-state index is 5.52. The minimum absolute atomic E-state index is 0.992. The smallest absolute Gasteiger partial charge is 0.101 e. The third-order valence-electron chi connectivity index (χ3n) is 1.91. The monoisotopic (exact) mass is 198 g/mol. The molecule has 0 aliphatic carbocycles. The molecule has 1 aliphatic rings. The molecule has 0 bridgehead atoms. The zero-order valence-corrected chi connectivity index (χ0v) is 8.37. The first-order chi connectivity index (χ1) is 5.81. The van der Waals surface area contributed by atoms with E-state index >= 15 is 0 Å². The first-order valence-electron chi connectivity index (χ1n) is 3.97. The molecule has 0 spiro atoms. The van der Waals surface area contributed by atoms with Crippen molar-refractivity contribution in [3.63, 3.8) is 0 Å². The highest BCUT2D eigenvalue weighted by molar-refractivity contribution is 8.16. The summed E-state index contributed by atoms with van der Waals surface area (Å²) in [5.41, 5.74) is 0. The molecule has 4 heteroatoms. The maximum absolute atomic E-state index is 5.52. The van der Waals surface area contributed by atoms with E-state index in [1.807, 2.05) is 18.2 Å². The standard InChI is InChI=1S/C8H11N2PS/c12-11(9-6-7-10-11)8-4-2-1-3-5-8/h1-5H,6-7H2,(H2,9,10,12). The zero-order valence-electron chi connectivity index (χ0n) is 6.66. The van der Waals surface area contributed by atoms with Crippen molar-refractivity contribution in [1.29, 1.82) is 0 Å². The van der Waals surface area contributed by atoms with Gasteiger partial charge in [0.15, 0.2) is 0 Å². The second-order valence-corrected chi connectivity index (χ2v) is 6.77. The SMILES string of the molecule is S=P1(c2ccccc2)NCCN1. The topological polar surface area (TPSA) is 24.1 Å². The number of hydrogen-bond donors (Lipinski definition) is 2. The summed E-state index contributed by atoms with van der Waals surface area (Å²) in [6.45, 7) is 1.98. The number of nitrogens with one attached hydrogen (secondary N) is 2. The average Bonchev–Trinajstić information content (AvgIpc) is 2.55. The lowest BCUT2D eigenvalue weighted by Gasteiger charge is -2.15. The quantitative estimate of drug-likeness (QED) is 0.653. The molecule has 1 aromatic rings. The Morgan fingerprint density at radius 1 is 1.08 bits per heavy atom. The van der Waals surface area contributed by atoms with E-state index in [0.717, 1.165) is 13.1 Å². The molecule has 0 aromatic heterocycles. The van der Waals surface area contributed by atoms with E-state index in [1.165, 1.54) is 5.30 Å². The highest BCUT2D eigenvalue weighted by atomic mass is 32.4. The average molecular weight is 198 g/mol. The Hall–Kier alpha value is -0.210. The molecule has 0 radical (unpaired) electrons. The third kappa shape index (κ3) is 1.46. The molecular weight excluding hydrogens is 187 g/mol. The van der Waals surface area contributed by atoms with Crippen molar-refractivity contribution in [1.82, 2.24) is 10.2 Å². The van der Waals surface area contributed by atoms with Crippen LogP contribution in [0.15, 0.2) is 30.3 Å². The zero-order chi connectivity index (χ0) is 8.44. The minimum Gasteiger partial charge on any atom is -0.273 e. The molecule has 0 saturated carbocycles. The largest absolute Gasteiger partial charge is 0.273 e. The van der Waals surface area contributed by atoms with Gasteiger partial charge in [-0.15, -0.1) is 0 Å². The molecule has 2 N–H and O–H groups in total. The van der Waals surface area contributed by atoms with E-state index in [9.17, 15) is 0 Å². The highest BCUT2D eigenvalue weighted by Gasteiger charge is 2.22. The number of rotatable bonds is 1. The first-order valence-corrected chi connectivity index (χ1v) is 6.77. The summed E-state index contributed by atoms with van der Waals surface area (Å²) in [4.78, 5) is 0. The summed E-state index contributed by atoms with van der Waals surface area (Å²) < 4.78 is 0. The molecule has 0 atom stereocenters. The molecule has 0 amide bonds. The molecule has 0 unspecified atom stereocenters. The van der Waals surface area contributed by atoms with Gasteiger partial charge in [0, 0.05) is 18.4 Å². The minimum atomic E-state index is -1.59. The summed E-state index contributed by atoms with van der Waals surface area (Å²) in [6.07, 6.45) is -1.59. The second kappa shape index (κ2) is 3.27. The van der Waals surface area contributed by atoms with Gasteiger partial charge in [-0.25, -0.2) is 0 Å². The number of benzene rings is 1. The second-order valence-electron chi connectivity index (χ2n) is 2.76. The van der Waals surface area contributed by atoms with Crippen molar-refractivity contribution in [3.8, 4) is 0 Å². The third-order valence-corrected chi connectivity index (χ3v) is 5.68. The lowest BCUT2D eigenvalue weighted by Crippen LogP contribution is -2.18. The molecule has 1 aromatic carbocycles. The van der Waals surface area contributed by atoms with Gasteiger partial charge in [-0.3, -0.25) is 10.2 Å². The molecule has 64 valence electrons. The van der Waals surface area contributed by atoms with Gasteiger partial charge >= 0.3 is 0 Å². The Morgan fingerprint density at radius 3 is 2.25 bits per heavy atom. The van der Waals surface area contributed by atoms with Crippen LogP contribution in [0.4, 0.5) is 0 Å². The Kier molecular flexibility index (Phi) is 2.28. The summed E-state index contributed by atoms with van der Waals surface area (Å²) in [6, 6.07) is 10.3. The fraction of sp³-hybridized carbons (Fsp3) is 0.250. The summed E-state index contributed by atoms with van der Waals surface area (Å²) >= 11 is 5.52. The van der Waals surface area contributed by atoms with Crippen molar-refractivity contribution in [2.75, 3.05) is 13.1 Å². The van der Waals surface area contributed by atoms with E-state index in [0.29, 0.717) is 0 Å². The van der Waals surface area contributed by atoms with Crippen LogP contribution in [0.25, 0.3) is 0 Å². The molecule has 2 rings (SSSR count). The molecule has 12 heavy (non-hydrogen) atoms. The predicted octanol–water partition coefficient (Wildman–Crippen LogP) is 0.814. The Bertz CT molecular complexity index is 302. The van der Waals surface area contributed by atoms with Gasteiger partial charge in [0.25, 0.3) is 0 Å². The van der Waals surface area contributed by atoms with Crippen molar-refractivity contribution >= 4 is 23.5 Å².